The molecule has 2 amide bonds. The van der Waals surface area contributed by atoms with Crippen molar-refractivity contribution in [3.63, 3.8) is 0 Å². The van der Waals surface area contributed by atoms with Crippen molar-refractivity contribution in [3.05, 3.63) is 0 Å². The lowest BCUT2D eigenvalue weighted by molar-refractivity contribution is -0.144. The number of piperazine rings is 1. The third-order valence-electron chi connectivity index (χ3n) is 2.89. The smallest absolute Gasteiger partial charge is 0.241 e. The Hall–Kier alpha value is -1.15. The summed E-state index contributed by atoms with van der Waals surface area (Å²) in [6.07, 6.45) is 1.18. The second kappa shape index (κ2) is 5.66. The molecule has 0 aliphatic carbocycles. The molecule has 104 valence electrons. The fraction of sp³-hybridized carbons (Fsp3) is 0.800. The lowest BCUT2D eigenvalue weighted by Gasteiger charge is -2.33. The van der Waals surface area contributed by atoms with Gasteiger partial charge >= 0.3 is 0 Å². The zero-order chi connectivity index (χ0) is 13.9. The highest BCUT2D eigenvalue weighted by molar-refractivity contribution is 7.90. The third kappa shape index (κ3) is 4.26. The van der Waals surface area contributed by atoms with Crippen LogP contribution in [0.3, 0.4) is 0 Å². The van der Waals surface area contributed by atoms with Crippen molar-refractivity contribution >= 4 is 21.7 Å². The summed E-state index contributed by atoms with van der Waals surface area (Å²) < 4.78 is 22.0. The van der Waals surface area contributed by atoms with Gasteiger partial charge in [-0.25, -0.2) is 8.42 Å². The van der Waals surface area contributed by atoms with Crippen LogP contribution < -0.4 is 5.73 Å². The van der Waals surface area contributed by atoms with Crippen LogP contribution in [0.15, 0.2) is 0 Å². The van der Waals surface area contributed by atoms with Crippen LogP contribution in [0.2, 0.25) is 0 Å². The molecule has 0 aromatic carbocycles. The number of rotatable bonds is 4. The van der Waals surface area contributed by atoms with Crippen LogP contribution in [0.1, 0.15) is 6.42 Å². The van der Waals surface area contributed by atoms with E-state index in [4.69, 9.17) is 5.73 Å². The molecule has 0 saturated carbocycles. The quantitative estimate of drug-likeness (QED) is 0.643. The third-order valence-corrected chi connectivity index (χ3v) is 3.86. The van der Waals surface area contributed by atoms with Crippen LogP contribution in [-0.2, 0) is 19.4 Å². The molecule has 1 fully saturated rings. The highest BCUT2D eigenvalue weighted by Gasteiger charge is 2.28. The molecule has 0 spiro atoms. The number of carbonyl (C=O) groups is 2. The van der Waals surface area contributed by atoms with E-state index in [1.807, 2.05) is 0 Å². The van der Waals surface area contributed by atoms with Gasteiger partial charge in [-0.2, -0.15) is 0 Å². The minimum absolute atomic E-state index is 0.0158. The summed E-state index contributed by atoms with van der Waals surface area (Å²) in [5.74, 6) is -0.619. The van der Waals surface area contributed by atoms with Crippen molar-refractivity contribution < 1.29 is 18.0 Å². The van der Waals surface area contributed by atoms with Crippen LogP contribution >= 0.6 is 0 Å². The van der Waals surface area contributed by atoms with E-state index in [9.17, 15) is 18.0 Å². The van der Waals surface area contributed by atoms with E-state index >= 15 is 0 Å². The van der Waals surface area contributed by atoms with Gasteiger partial charge in [0.15, 0.2) is 0 Å². The number of hydrogen-bond acceptors (Lipinski definition) is 5. The van der Waals surface area contributed by atoms with Crippen LogP contribution in [0.25, 0.3) is 0 Å². The second-order valence-corrected chi connectivity index (χ2v) is 6.86. The van der Waals surface area contributed by atoms with E-state index in [0.717, 1.165) is 6.26 Å². The zero-order valence-corrected chi connectivity index (χ0v) is 11.4. The standard InChI is InChI=1S/C10H19N3O4S/c1-12-4-5-13(7-9(12)14)10(15)8(11)3-6-18(2,16)17/h8H,3-7,11H2,1-2H3. The molecule has 1 rings (SSSR count). The van der Waals surface area contributed by atoms with E-state index in [2.05, 4.69) is 0 Å². The van der Waals surface area contributed by atoms with Crippen molar-refractivity contribution in [2.45, 2.75) is 12.5 Å². The molecule has 1 heterocycles. The molecule has 0 aromatic heterocycles. The second-order valence-electron chi connectivity index (χ2n) is 4.60. The Morgan fingerprint density at radius 1 is 1.44 bits per heavy atom. The van der Waals surface area contributed by atoms with Gasteiger partial charge in [0.2, 0.25) is 11.8 Å². The Morgan fingerprint density at radius 3 is 2.56 bits per heavy atom. The van der Waals surface area contributed by atoms with Crippen molar-refractivity contribution in [2.24, 2.45) is 5.73 Å². The monoisotopic (exact) mass is 277 g/mol. The first-order valence-electron chi connectivity index (χ1n) is 5.67. The highest BCUT2D eigenvalue weighted by Crippen LogP contribution is 2.05. The number of amides is 2. The van der Waals surface area contributed by atoms with Crippen LogP contribution in [0.4, 0.5) is 0 Å². The number of likely N-dealkylation sites (N-methyl/N-ethyl adjacent to an activating group) is 1. The predicted octanol–water partition coefficient (Wildman–Crippen LogP) is -1.95. The molecular weight excluding hydrogens is 258 g/mol. The highest BCUT2D eigenvalue weighted by atomic mass is 32.2. The van der Waals surface area contributed by atoms with Crippen molar-refractivity contribution in [2.75, 3.05) is 38.7 Å². The van der Waals surface area contributed by atoms with Crippen molar-refractivity contribution in [1.82, 2.24) is 9.80 Å². The van der Waals surface area contributed by atoms with Gasteiger partial charge in [0.1, 0.15) is 9.84 Å². The maximum absolute atomic E-state index is 11.9. The fourth-order valence-corrected chi connectivity index (χ4v) is 2.33. The van der Waals surface area contributed by atoms with E-state index in [0.29, 0.717) is 13.1 Å². The summed E-state index contributed by atoms with van der Waals surface area (Å²) in [5.41, 5.74) is 5.65. The molecule has 7 nitrogen and oxygen atoms in total. The van der Waals surface area contributed by atoms with Gasteiger partial charge in [0.25, 0.3) is 0 Å². The van der Waals surface area contributed by atoms with Crippen LogP contribution in [-0.4, -0.2) is 74.8 Å². The lowest BCUT2D eigenvalue weighted by Crippen LogP contribution is -2.54. The first kappa shape index (κ1) is 14.9. The number of sulfone groups is 1. The van der Waals surface area contributed by atoms with E-state index in [1.165, 1.54) is 4.90 Å². The van der Waals surface area contributed by atoms with Gasteiger partial charge in [0.05, 0.1) is 18.3 Å². The lowest BCUT2D eigenvalue weighted by atomic mass is 10.2. The Kier molecular flexibility index (Phi) is 4.69. The molecule has 2 N–H and O–H groups in total. The summed E-state index contributed by atoms with van der Waals surface area (Å²) in [6.45, 7) is 0.929. The predicted molar refractivity (Wildman–Crippen MR) is 66.5 cm³/mol. The van der Waals surface area contributed by atoms with Gasteiger partial charge in [-0.3, -0.25) is 9.59 Å². The van der Waals surface area contributed by atoms with Crippen LogP contribution in [0.5, 0.6) is 0 Å². The average molecular weight is 277 g/mol. The average Bonchev–Trinajstić information content (AvgIpc) is 2.27. The molecule has 8 heteroatoms. The Balaban J connectivity index is 2.51. The molecule has 18 heavy (non-hydrogen) atoms. The van der Waals surface area contributed by atoms with Crippen molar-refractivity contribution in [3.8, 4) is 0 Å². The Morgan fingerprint density at radius 2 is 2.06 bits per heavy atom. The Bertz CT molecular complexity index is 434. The summed E-state index contributed by atoms with van der Waals surface area (Å²) in [5, 5.41) is 0. The van der Waals surface area contributed by atoms with E-state index in [1.54, 1.807) is 11.9 Å². The molecule has 1 unspecified atom stereocenters. The maximum Gasteiger partial charge on any atom is 0.241 e. The molecule has 0 aromatic rings. The van der Waals surface area contributed by atoms with E-state index < -0.39 is 15.9 Å². The number of nitrogens with zero attached hydrogens (tertiary/aromatic N) is 2. The van der Waals surface area contributed by atoms with Gasteiger partial charge in [-0.1, -0.05) is 0 Å². The fourth-order valence-electron chi connectivity index (χ4n) is 1.65. The minimum Gasteiger partial charge on any atom is -0.342 e. The van der Waals surface area contributed by atoms with Crippen LogP contribution in [0, 0.1) is 0 Å². The van der Waals surface area contributed by atoms with Gasteiger partial charge in [-0.05, 0) is 6.42 Å². The minimum atomic E-state index is -3.13. The molecular formula is C10H19N3O4S. The van der Waals surface area contributed by atoms with Crippen molar-refractivity contribution in [1.29, 1.82) is 0 Å². The SMILES string of the molecule is CN1CCN(C(=O)C(N)CCS(C)(=O)=O)CC1=O. The molecule has 1 atom stereocenters. The number of hydrogen-bond donors (Lipinski definition) is 1. The first-order valence-corrected chi connectivity index (χ1v) is 7.73. The summed E-state index contributed by atoms with van der Waals surface area (Å²) >= 11 is 0. The number of nitrogens with two attached hydrogens (primary N) is 1. The molecule has 1 aliphatic heterocycles. The van der Waals surface area contributed by atoms with E-state index in [-0.39, 0.29) is 30.5 Å². The molecule has 1 aliphatic rings. The van der Waals surface area contributed by atoms with Gasteiger partial charge in [-0.15, -0.1) is 0 Å². The Labute approximate surface area is 107 Å². The first-order chi connectivity index (χ1) is 8.20. The molecule has 0 bridgehead atoms. The zero-order valence-electron chi connectivity index (χ0n) is 10.6. The molecule has 0 radical (unpaired) electrons. The topological polar surface area (TPSA) is 101 Å². The largest absolute Gasteiger partial charge is 0.342 e. The maximum atomic E-state index is 11.9. The summed E-state index contributed by atoms with van der Waals surface area (Å²) in [4.78, 5) is 26.3. The van der Waals surface area contributed by atoms with Gasteiger partial charge in [0, 0.05) is 26.4 Å². The number of carbonyl (C=O) groups excluding carboxylic acids is 2. The summed E-state index contributed by atoms with van der Waals surface area (Å²) in [6, 6.07) is -0.865. The van der Waals surface area contributed by atoms with Gasteiger partial charge < -0.3 is 15.5 Å². The summed E-state index contributed by atoms with van der Waals surface area (Å²) in [7, 11) is -1.45. The molecule has 1 saturated heterocycles. The normalized spacial score (nSPS) is 18.9.